The summed E-state index contributed by atoms with van der Waals surface area (Å²) in [6.07, 6.45) is 3.54. The minimum atomic E-state index is 0.333. The SMILES string of the molecule is COCCC1(Cn2c(N)nc3ccc(Cl)cc32)CC1. The molecule has 0 atom stereocenters. The number of nitrogen functional groups attached to an aromatic ring is 1. The predicted octanol–water partition coefficient (Wildman–Crippen LogP) is 3.09. The van der Waals surface area contributed by atoms with Gasteiger partial charge in [0.15, 0.2) is 0 Å². The third-order valence-electron chi connectivity index (χ3n) is 4.03. The zero-order valence-electron chi connectivity index (χ0n) is 11.0. The van der Waals surface area contributed by atoms with E-state index < -0.39 is 0 Å². The number of anilines is 1. The van der Waals surface area contributed by atoms with Gasteiger partial charge in [-0.2, -0.15) is 0 Å². The van der Waals surface area contributed by atoms with Crippen LogP contribution in [0.25, 0.3) is 11.0 Å². The molecule has 0 spiro atoms. The molecule has 1 aliphatic rings. The van der Waals surface area contributed by atoms with Crippen LogP contribution in [0.15, 0.2) is 18.2 Å². The molecule has 1 aromatic carbocycles. The molecule has 0 radical (unpaired) electrons. The van der Waals surface area contributed by atoms with Crippen LogP contribution in [0.3, 0.4) is 0 Å². The Bertz CT molecular complexity index is 604. The lowest BCUT2D eigenvalue weighted by Gasteiger charge is -2.17. The Balaban J connectivity index is 1.92. The second-order valence-corrected chi connectivity index (χ2v) is 5.87. The van der Waals surface area contributed by atoms with Crippen LogP contribution < -0.4 is 5.73 Å². The van der Waals surface area contributed by atoms with Crippen LogP contribution in [0.1, 0.15) is 19.3 Å². The van der Waals surface area contributed by atoms with Gasteiger partial charge in [-0.25, -0.2) is 4.98 Å². The highest BCUT2D eigenvalue weighted by molar-refractivity contribution is 6.31. The number of nitrogens with two attached hydrogens (primary N) is 1. The molecule has 0 unspecified atom stereocenters. The van der Waals surface area contributed by atoms with Crippen LogP contribution in [0.2, 0.25) is 5.02 Å². The molecule has 5 heteroatoms. The molecule has 1 saturated carbocycles. The molecule has 1 fully saturated rings. The van der Waals surface area contributed by atoms with E-state index in [0.717, 1.165) is 35.6 Å². The van der Waals surface area contributed by atoms with Gasteiger partial charge < -0.3 is 15.0 Å². The van der Waals surface area contributed by atoms with Crippen LogP contribution in [-0.2, 0) is 11.3 Å². The molecule has 0 bridgehead atoms. The van der Waals surface area contributed by atoms with Crippen LogP contribution in [0.4, 0.5) is 5.95 Å². The maximum Gasteiger partial charge on any atom is 0.201 e. The average molecular weight is 280 g/mol. The van der Waals surface area contributed by atoms with Crippen molar-refractivity contribution in [3.8, 4) is 0 Å². The molecule has 2 N–H and O–H groups in total. The molecule has 1 heterocycles. The van der Waals surface area contributed by atoms with Gasteiger partial charge in [-0.3, -0.25) is 0 Å². The van der Waals surface area contributed by atoms with Crippen molar-refractivity contribution in [1.82, 2.24) is 9.55 Å². The summed E-state index contributed by atoms with van der Waals surface area (Å²) in [4.78, 5) is 4.40. The smallest absolute Gasteiger partial charge is 0.201 e. The van der Waals surface area contributed by atoms with Gasteiger partial charge >= 0.3 is 0 Å². The summed E-state index contributed by atoms with van der Waals surface area (Å²) in [7, 11) is 1.75. The Kier molecular flexibility index (Phi) is 3.15. The molecule has 0 amide bonds. The van der Waals surface area contributed by atoms with Crippen molar-refractivity contribution in [2.45, 2.75) is 25.8 Å². The Hall–Kier alpha value is -1.26. The molecule has 4 nitrogen and oxygen atoms in total. The van der Waals surface area contributed by atoms with Gasteiger partial charge in [0.1, 0.15) is 0 Å². The Labute approximate surface area is 117 Å². The lowest BCUT2D eigenvalue weighted by molar-refractivity contribution is 0.167. The Morgan fingerprint density at radius 1 is 1.47 bits per heavy atom. The fourth-order valence-electron chi connectivity index (χ4n) is 2.60. The van der Waals surface area contributed by atoms with Gasteiger partial charge in [0.05, 0.1) is 11.0 Å². The third-order valence-corrected chi connectivity index (χ3v) is 4.26. The van der Waals surface area contributed by atoms with Crippen molar-refractivity contribution in [3.63, 3.8) is 0 Å². The third kappa shape index (κ3) is 2.42. The van der Waals surface area contributed by atoms with E-state index in [1.54, 1.807) is 7.11 Å². The van der Waals surface area contributed by atoms with Gasteiger partial charge in [-0.05, 0) is 42.9 Å². The summed E-state index contributed by atoms with van der Waals surface area (Å²) < 4.78 is 7.28. The summed E-state index contributed by atoms with van der Waals surface area (Å²) in [6.45, 7) is 1.70. The molecule has 19 heavy (non-hydrogen) atoms. The summed E-state index contributed by atoms with van der Waals surface area (Å²) >= 11 is 6.07. The highest BCUT2D eigenvalue weighted by Gasteiger charge is 2.42. The first-order chi connectivity index (χ1) is 9.13. The first-order valence-electron chi connectivity index (χ1n) is 6.54. The van der Waals surface area contributed by atoms with E-state index in [-0.39, 0.29) is 0 Å². The summed E-state index contributed by atoms with van der Waals surface area (Å²) in [5.74, 6) is 0.570. The maximum absolute atomic E-state index is 6.07. The molecule has 1 aromatic heterocycles. The van der Waals surface area contributed by atoms with Crippen molar-refractivity contribution < 1.29 is 4.74 Å². The van der Waals surface area contributed by atoms with Crippen LogP contribution >= 0.6 is 11.6 Å². The molecule has 0 saturated heterocycles. The largest absolute Gasteiger partial charge is 0.385 e. The number of methoxy groups -OCH3 is 1. The average Bonchev–Trinajstić information content (AvgIpc) is 3.09. The predicted molar refractivity (Wildman–Crippen MR) is 77.3 cm³/mol. The highest BCUT2D eigenvalue weighted by atomic mass is 35.5. The van der Waals surface area contributed by atoms with Gasteiger partial charge in [-0.1, -0.05) is 11.6 Å². The number of benzene rings is 1. The number of ether oxygens (including phenoxy) is 1. The number of aromatic nitrogens is 2. The van der Waals surface area contributed by atoms with E-state index >= 15 is 0 Å². The molecule has 102 valence electrons. The maximum atomic E-state index is 6.07. The Morgan fingerprint density at radius 2 is 2.26 bits per heavy atom. The normalized spacial score (nSPS) is 16.9. The number of imidazole rings is 1. The second-order valence-electron chi connectivity index (χ2n) is 5.43. The van der Waals surface area contributed by atoms with Gasteiger partial charge in [0.2, 0.25) is 5.95 Å². The fourth-order valence-corrected chi connectivity index (χ4v) is 2.76. The van der Waals surface area contributed by atoms with Gasteiger partial charge in [0, 0.05) is 25.3 Å². The summed E-state index contributed by atoms with van der Waals surface area (Å²) in [5, 5.41) is 0.718. The number of fused-ring (bicyclic) bond motifs is 1. The lowest BCUT2D eigenvalue weighted by atomic mass is 10.0. The van der Waals surface area contributed by atoms with Crippen LogP contribution in [0.5, 0.6) is 0 Å². The van der Waals surface area contributed by atoms with Crippen molar-refractivity contribution >= 4 is 28.6 Å². The highest BCUT2D eigenvalue weighted by Crippen LogP contribution is 2.50. The second kappa shape index (κ2) is 4.69. The number of hydrogen-bond donors (Lipinski definition) is 1. The van der Waals surface area contributed by atoms with Gasteiger partial charge in [0.25, 0.3) is 0 Å². The van der Waals surface area contributed by atoms with E-state index in [1.807, 2.05) is 18.2 Å². The van der Waals surface area contributed by atoms with Crippen molar-refractivity contribution in [1.29, 1.82) is 0 Å². The van der Waals surface area contributed by atoms with E-state index in [0.29, 0.717) is 11.4 Å². The number of hydrogen-bond acceptors (Lipinski definition) is 3. The van der Waals surface area contributed by atoms with E-state index in [1.165, 1.54) is 12.8 Å². The molecular weight excluding hydrogens is 262 g/mol. The van der Waals surface area contributed by atoms with Crippen molar-refractivity contribution in [3.05, 3.63) is 23.2 Å². The van der Waals surface area contributed by atoms with Crippen LogP contribution in [-0.4, -0.2) is 23.3 Å². The first kappa shape index (κ1) is 12.8. The van der Waals surface area contributed by atoms with E-state index in [4.69, 9.17) is 22.1 Å². The van der Waals surface area contributed by atoms with E-state index in [9.17, 15) is 0 Å². The van der Waals surface area contributed by atoms with E-state index in [2.05, 4.69) is 9.55 Å². The fraction of sp³-hybridized carbons (Fsp3) is 0.500. The molecule has 3 rings (SSSR count). The zero-order chi connectivity index (χ0) is 13.5. The number of nitrogens with zero attached hydrogens (tertiary/aromatic N) is 2. The quantitative estimate of drug-likeness (QED) is 0.915. The summed E-state index contributed by atoms with van der Waals surface area (Å²) in [5.41, 5.74) is 8.31. The van der Waals surface area contributed by atoms with Crippen molar-refractivity contribution in [2.24, 2.45) is 5.41 Å². The van der Waals surface area contributed by atoms with Crippen LogP contribution in [0, 0.1) is 5.41 Å². The molecule has 0 aliphatic heterocycles. The number of halogens is 1. The zero-order valence-corrected chi connectivity index (χ0v) is 11.8. The topological polar surface area (TPSA) is 53.1 Å². The lowest BCUT2D eigenvalue weighted by Crippen LogP contribution is -2.15. The molecule has 2 aromatic rings. The number of rotatable bonds is 5. The molecular formula is C14H18ClN3O. The van der Waals surface area contributed by atoms with Gasteiger partial charge in [-0.15, -0.1) is 0 Å². The standard InChI is InChI=1S/C14H18ClN3O/c1-19-7-6-14(4-5-14)9-18-12-8-10(15)2-3-11(12)17-13(18)16/h2-3,8H,4-7,9H2,1H3,(H2,16,17). The molecule has 1 aliphatic carbocycles. The van der Waals surface area contributed by atoms with Crippen molar-refractivity contribution in [2.75, 3.05) is 19.5 Å². The first-order valence-corrected chi connectivity index (χ1v) is 6.92. The monoisotopic (exact) mass is 279 g/mol. The minimum absolute atomic E-state index is 0.333. The Morgan fingerprint density at radius 3 is 2.95 bits per heavy atom. The summed E-state index contributed by atoms with van der Waals surface area (Å²) in [6, 6.07) is 5.70. The minimum Gasteiger partial charge on any atom is -0.385 e.